The molecular weight excluding hydrogens is 348 g/mol. The van der Waals surface area contributed by atoms with Crippen molar-refractivity contribution in [1.29, 1.82) is 0 Å². The number of hydrogen-bond donors (Lipinski definition) is 0. The quantitative estimate of drug-likeness (QED) is 0.807. The molecule has 26 heavy (non-hydrogen) atoms. The zero-order valence-corrected chi connectivity index (χ0v) is 15.7. The molecule has 2 aromatic rings. The summed E-state index contributed by atoms with van der Waals surface area (Å²) in [6.07, 6.45) is 0.658. The first-order valence-corrected chi connectivity index (χ1v) is 9.30. The predicted octanol–water partition coefficient (Wildman–Crippen LogP) is 3.88. The third-order valence-corrected chi connectivity index (χ3v) is 5.72. The first kappa shape index (κ1) is 17.1. The highest BCUT2D eigenvalue weighted by atomic mass is 35.5. The van der Waals surface area contributed by atoms with E-state index in [2.05, 4.69) is 0 Å². The Balaban J connectivity index is 1.68. The number of amides is 2. The van der Waals surface area contributed by atoms with E-state index in [1.54, 1.807) is 29.2 Å². The molecule has 4 nitrogen and oxygen atoms in total. The second kappa shape index (κ2) is 6.13. The molecule has 2 aliphatic heterocycles. The highest BCUT2D eigenvalue weighted by molar-refractivity contribution is 6.30. The number of hydrogen-bond acceptors (Lipinski definition) is 2. The van der Waals surface area contributed by atoms with Gasteiger partial charge in [-0.15, -0.1) is 0 Å². The Morgan fingerprint density at radius 3 is 2.50 bits per heavy atom. The van der Waals surface area contributed by atoms with Crippen molar-refractivity contribution in [2.75, 3.05) is 18.0 Å². The van der Waals surface area contributed by atoms with Gasteiger partial charge in [0.1, 0.15) is 0 Å². The van der Waals surface area contributed by atoms with Crippen molar-refractivity contribution in [3.8, 4) is 0 Å². The van der Waals surface area contributed by atoms with Crippen LogP contribution in [0, 0.1) is 0 Å². The van der Waals surface area contributed by atoms with Gasteiger partial charge in [0.05, 0.1) is 5.41 Å². The second-order valence-electron chi connectivity index (χ2n) is 7.35. The van der Waals surface area contributed by atoms with Crippen LogP contribution in [0.25, 0.3) is 0 Å². The van der Waals surface area contributed by atoms with E-state index in [1.165, 1.54) is 0 Å². The van der Waals surface area contributed by atoms with Gasteiger partial charge in [-0.05, 0) is 56.2 Å². The molecule has 2 heterocycles. The lowest BCUT2D eigenvalue weighted by Crippen LogP contribution is -2.45. The van der Waals surface area contributed by atoms with Gasteiger partial charge < -0.3 is 9.80 Å². The van der Waals surface area contributed by atoms with Crippen LogP contribution in [0.4, 0.5) is 5.69 Å². The number of benzene rings is 2. The van der Waals surface area contributed by atoms with Crippen molar-refractivity contribution in [3.05, 3.63) is 64.7 Å². The van der Waals surface area contributed by atoms with Crippen LogP contribution in [0.5, 0.6) is 0 Å². The van der Waals surface area contributed by atoms with Crippen LogP contribution >= 0.6 is 11.6 Å². The Morgan fingerprint density at radius 1 is 1.12 bits per heavy atom. The zero-order chi connectivity index (χ0) is 18.5. The molecule has 0 N–H and O–H groups in total. The number of likely N-dealkylation sites (tertiary alicyclic amines) is 1. The molecule has 4 rings (SSSR count). The number of nitrogens with zero attached hydrogens (tertiary/aromatic N) is 2. The van der Waals surface area contributed by atoms with E-state index in [-0.39, 0.29) is 17.9 Å². The van der Waals surface area contributed by atoms with Gasteiger partial charge in [-0.3, -0.25) is 9.59 Å². The Labute approximate surface area is 158 Å². The lowest BCUT2D eigenvalue weighted by atomic mass is 9.81. The van der Waals surface area contributed by atoms with Crippen molar-refractivity contribution in [2.45, 2.75) is 31.7 Å². The molecule has 134 valence electrons. The molecule has 1 saturated heterocycles. The van der Waals surface area contributed by atoms with Crippen molar-refractivity contribution < 1.29 is 9.59 Å². The Bertz CT molecular complexity index is 878. The van der Waals surface area contributed by atoms with Crippen molar-refractivity contribution >= 4 is 29.1 Å². The van der Waals surface area contributed by atoms with Gasteiger partial charge >= 0.3 is 0 Å². The number of carbonyl (C=O) groups excluding carboxylic acids is 2. The third kappa shape index (κ3) is 2.43. The Morgan fingerprint density at radius 2 is 1.81 bits per heavy atom. The van der Waals surface area contributed by atoms with Crippen LogP contribution in [-0.2, 0) is 10.2 Å². The average molecular weight is 369 g/mol. The molecule has 0 saturated carbocycles. The van der Waals surface area contributed by atoms with E-state index < -0.39 is 5.41 Å². The maximum atomic E-state index is 13.3. The number of halogens is 1. The lowest BCUT2D eigenvalue weighted by molar-refractivity contribution is -0.123. The molecule has 0 aliphatic carbocycles. The first-order valence-electron chi connectivity index (χ1n) is 8.92. The summed E-state index contributed by atoms with van der Waals surface area (Å²) in [5.74, 6) is 0.0620. The van der Waals surface area contributed by atoms with E-state index in [4.69, 9.17) is 11.6 Å². The van der Waals surface area contributed by atoms with Gasteiger partial charge in [0.15, 0.2) is 0 Å². The van der Waals surface area contributed by atoms with Crippen molar-refractivity contribution in [1.82, 2.24) is 4.90 Å². The maximum absolute atomic E-state index is 13.3. The first-order chi connectivity index (χ1) is 12.4. The molecule has 1 unspecified atom stereocenters. The molecule has 0 aromatic heterocycles. The van der Waals surface area contributed by atoms with Crippen LogP contribution in [0.3, 0.4) is 0 Å². The number of fused-ring (bicyclic) bond motifs is 2. The van der Waals surface area contributed by atoms with E-state index in [9.17, 15) is 9.59 Å². The fraction of sp³-hybridized carbons (Fsp3) is 0.333. The third-order valence-electron chi connectivity index (χ3n) is 5.47. The summed E-state index contributed by atoms with van der Waals surface area (Å²) >= 11 is 5.92. The van der Waals surface area contributed by atoms with E-state index in [1.807, 2.05) is 43.0 Å². The van der Waals surface area contributed by atoms with Crippen LogP contribution in [-0.4, -0.2) is 35.8 Å². The van der Waals surface area contributed by atoms with Gasteiger partial charge in [-0.2, -0.15) is 0 Å². The van der Waals surface area contributed by atoms with Gasteiger partial charge in [-0.1, -0.05) is 29.8 Å². The molecular formula is C21H21ClN2O2. The fourth-order valence-electron chi connectivity index (χ4n) is 4.21. The number of para-hydroxylation sites is 1. The van der Waals surface area contributed by atoms with Crippen LogP contribution < -0.4 is 4.90 Å². The van der Waals surface area contributed by atoms with Crippen LogP contribution in [0.1, 0.15) is 36.2 Å². The molecule has 0 bridgehead atoms. The van der Waals surface area contributed by atoms with E-state index >= 15 is 0 Å². The summed E-state index contributed by atoms with van der Waals surface area (Å²) in [7, 11) is 0. The van der Waals surface area contributed by atoms with Crippen molar-refractivity contribution in [3.63, 3.8) is 0 Å². The molecule has 1 fully saturated rings. The maximum Gasteiger partial charge on any atom is 0.253 e. The van der Waals surface area contributed by atoms with Gasteiger partial charge in [-0.25, -0.2) is 0 Å². The standard InChI is InChI=1S/C21H21ClN2O2/c1-14(2)24-18-6-4-3-5-17(18)21(20(24)26)11-12-23(13-21)19(25)15-7-9-16(22)10-8-15/h3-10,14H,11-13H2,1-2H3. The molecule has 1 spiro atoms. The summed E-state index contributed by atoms with van der Waals surface area (Å²) in [6, 6.07) is 15.0. The molecule has 1 atom stereocenters. The van der Waals surface area contributed by atoms with Crippen LogP contribution in [0.15, 0.2) is 48.5 Å². The summed E-state index contributed by atoms with van der Waals surface area (Å²) in [5.41, 5.74) is 2.01. The van der Waals surface area contributed by atoms with E-state index in [0.29, 0.717) is 30.1 Å². The molecule has 2 aromatic carbocycles. The largest absolute Gasteiger partial charge is 0.337 e. The Hall–Kier alpha value is -2.33. The highest BCUT2D eigenvalue weighted by Crippen LogP contribution is 2.48. The molecule has 0 radical (unpaired) electrons. The highest BCUT2D eigenvalue weighted by Gasteiger charge is 2.55. The molecule has 2 aliphatic rings. The van der Waals surface area contributed by atoms with Gasteiger partial charge in [0.25, 0.3) is 5.91 Å². The van der Waals surface area contributed by atoms with Crippen molar-refractivity contribution in [2.24, 2.45) is 0 Å². The Kier molecular flexibility index (Phi) is 4.03. The lowest BCUT2D eigenvalue weighted by Gasteiger charge is -2.26. The minimum absolute atomic E-state index is 0.0492. The van der Waals surface area contributed by atoms with E-state index in [0.717, 1.165) is 11.3 Å². The molecule has 2 amide bonds. The molecule has 5 heteroatoms. The number of carbonyl (C=O) groups is 2. The summed E-state index contributed by atoms with van der Waals surface area (Å²) < 4.78 is 0. The summed E-state index contributed by atoms with van der Waals surface area (Å²) in [6.45, 7) is 5.06. The fourth-order valence-corrected chi connectivity index (χ4v) is 4.33. The number of anilines is 1. The summed E-state index contributed by atoms with van der Waals surface area (Å²) in [4.78, 5) is 29.9. The SMILES string of the molecule is CC(C)N1C(=O)C2(CCN(C(=O)c3ccc(Cl)cc3)C2)c2ccccc21. The minimum Gasteiger partial charge on any atom is -0.337 e. The van der Waals surface area contributed by atoms with Gasteiger partial charge in [0, 0.05) is 35.4 Å². The summed E-state index contributed by atoms with van der Waals surface area (Å²) in [5, 5.41) is 0.604. The van der Waals surface area contributed by atoms with Crippen LogP contribution in [0.2, 0.25) is 5.02 Å². The predicted molar refractivity (Wildman–Crippen MR) is 103 cm³/mol. The normalized spacial score (nSPS) is 21.8. The zero-order valence-electron chi connectivity index (χ0n) is 14.9. The number of rotatable bonds is 2. The monoisotopic (exact) mass is 368 g/mol. The topological polar surface area (TPSA) is 40.6 Å². The second-order valence-corrected chi connectivity index (χ2v) is 7.79. The smallest absolute Gasteiger partial charge is 0.253 e. The minimum atomic E-state index is -0.622. The average Bonchev–Trinajstić information content (AvgIpc) is 3.17. The van der Waals surface area contributed by atoms with Gasteiger partial charge in [0.2, 0.25) is 5.91 Å².